The van der Waals surface area contributed by atoms with Crippen LogP contribution >= 0.6 is 23.4 Å². The van der Waals surface area contributed by atoms with Gasteiger partial charge in [0, 0.05) is 35.7 Å². The molecule has 0 aromatic heterocycles. The molecule has 1 aromatic rings. The van der Waals surface area contributed by atoms with E-state index in [1.165, 1.54) is 18.7 Å². The van der Waals surface area contributed by atoms with Gasteiger partial charge in [-0.3, -0.25) is 14.4 Å². The van der Waals surface area contributed by atoms with Crippen LogP contribution in [0.25, 0.3) is 0 Å². The number of carbonyl (C=O) groups is 3. The Morgan fingerprint density at radius 1 is 1.33 bits per heavy atom. The highest BCUT2D eigenvalue weighted by atomic mass is 35.5. The summed E-state index contributed by atoms with van der Waals surface area (Å²) in [6, 6.07) is 6.67. The predicted molar refractivity (Wildman–Crippen MR) is 106 cm³/mol. The van der Waals surface area contributed by atoms with Crippen LogP contribution in [-0.4, -0.2) is 54.2 Å². The van der Waals surface area contributed by atoms with Gasteiger partial charge in [0.25, 0.3) is 0 Å². The second-order valence-electron chi connectivity index (χ2n) is 6.39. The average molecular weight is 413 g/mol. The van der Waals surface area contributed by atoms with E-state index in [4.69, 9.17) is 16.3 Å². The van der Waals surface area contributed by atoms with Gasteiger partial charge < -0.3 is 15.0 Å². The minimum absolute atomic E-state index is 0.166. The first-order valence-corrected chi connectivity index (χ1v) is 10.4. The van der Waals surface area contributed by atoms with Crippen molar-refractivity contribution in [2.45, 2.75) is 37.6 Å². The number of hydrogen-bond acceptors (Lipinski definition) is 5. The third-order valence-corrected chi connectivity index (χ3v) is 5.62. The summed E-state index contributed by atoms with van der Waals surface area (Å²) in [6.07, 6.45) is 1.46. The molecule has 1 saturated heterocycles. The van der Waals surface area contributed by atoms with Crippen LogP contribution in [0.2, 0.25) is 5.02 Å². The molecular weight excluding hydrogens is 388 g/mol. The van der Waals surface area contributed by atoms with Gasteiger partial charge in [-0.05, 0) is 44.0 Å². The van der Waals surface area contributed by atoms with E-state index in [1.54, 1.807) is 24.0 Å². The Labute approximate surface area is 169 Å². The lowest BCUT2D eigenvalue weighted by atomic mass is 9.97. The summed E-state index contributed by atoms with van der Waals surface area (Å²) in [5, 5.41) is 3.38. The van der Waals surface area contributed by atoms with Crippen LogP contribution in [0, 0.1) is 5.92 Å². The molecule has 0 radical (unpaired) electrons. The molecule has 8 heteroatoms. The lowest BCUT2D eigenvalue weighted by Gasteiger charge is -2.34. The molecule has 0 bridgehead atoms. The van der Waals surface area contributed by atoms with Gasteiger partial charge in [0.2, 0.25) is 11.8 Å². The number of nitrogens with one attached hydrogen (secondary N) is 1. The number of thioether (sulfide) groups is 1. The zero-order valence-corrected chi connectivity index (χ0v) is 17.1. The molecule has 27 heavy (non-hydrogen) atoms. The quantitative estimate of drug-likeness (QED) is 0.550. The highest BCUT2D eigenvalue weighted by Gasteiger charge is 2.32. The van der Waals surface area contributed by atoms with Gasteiger partial charge in [0.15, 0.2) is 0 Å². The van der Waals surface area contributed by atoms with Crippen LogP contribution in [0.3, 0.4) is 0 Å². The lowest BCUT2D eigenvalue weighted by Crippen LogP contribution is -2.52. The molecule has 1 heterocycles. The Hall–Kier alpha value is -1.73. The molecule has 2 unspecified atom stereocenters. The van der Waals surface area contributed by atoms with Crippen molar-refractivity contribution in [2.24, 2.45) is 5.92 Å². The Morgan fingerprint density at radius 2 is 2.04 bits per heavy atom. The van der Waals surface area contributed by atoms with Gasteiger partial charge in [-0.2, -0.15) is 0 Å². The van der Waals surface area contributed by atoms with E-state index in [0.29, 0.717) is 36.9 Å². The number of esters is 1. The molecule has 0 spiro atoms. The molecule has 2 amide bonds. The van der Waals surface area contributed by atoms with E-state index in [9.17, 15) is 14.4 Å². The summed E-state index contributed by atoms with van der Waals surface area (Å²) in [6.45, 7) is 4.40. The fourth-order valence-corrected chi connectivity index (χ4v) is 4.02. The number of amides is 2. The first-order valence-electron chi connectivity index (χ1n) is 9.01. The summed E-state index contributed by atoms with van der Waals surface area (Å²) in [4.78, 5) is 39.2. The minimum atomic E-state index is -0.649. The average Bonchev–Trinajstić information content (AvgIpc) is 2.66. The number of ether oxygens (including phenoxy) is 1. The first-order chi connectivity index (χ1) is 12.9. The molecule has 1 aliphatic rings. The minimum Gasteiger partial charge on any atom is -0.466 e. The summed E-state index contributed by atoms with van der Waals surface area (Å²) >= 11 is 7.37. The number of nitrogens with zero attached hydrogens (tertiary/aromatic N) is 1. The number of carbonyl (C=O) groups excluding carboxylic acids is 3. The van der Waals surface area contributed by atoms with Crippen LogP contribution in [0.1, 0.15) is 26.7 Å². The maximum atomic E-state index is 13.0. The van der Waals surface area contributed by atoms with Gasteiger partial charge in [-0.15, -0.1) is 11.8 Å². The Bertz CT molecular complexity index is 668. The van der Waals surface area contributed by atoms with E-state index in [1.807, 2.05) is 12.1 Å². The monoisotopic (exact) mass is 412 g/mol. The molecule has 1 aliphatic heterocycles. The molecule has 2 atom stereocenters. The van der Waals surface area contributed by atoms with Crippen LogP contribution in [0.15, 0.2) is 29.2 Å². The number of likely N-dealkylation sites (tertiary alicyclic amines) is 1. The number of piperidine rings is 1. The number of hydrogen-bond donors (Lipinski definition) is 1. The smallest absolute Gasteiger partial charge is 0.310 e. The largest absolute Gasteiger partial charge is 0.466 e. The maximum absolute atomic E-state index is 13.0. The SMILES string of the molecule is CCOC(=O)C1CCCN(C(=O)C(CSc2ccc(Cl)cc2)NC(C)=O)C1. The van der Waals surface area contributed by atoms with Crippen molar-refractivity contribution in [3.8, 4) is 0 Å². The zero-order valence-electron chi connectivity index (χ0n) is 15.6. The molecule has 0 saturated carbocycles. The van der Waals surface area contributed by atoms with Gasteiger partial charge >= 0.3 is 5.97 Å². The van der Waals surface area contributed by atoms with Crippen molar-refractivity contribution >= 4 is 41.1 Å². The van der Waals surface area contributed by atoms with Crippen molar-refractivity contribution in [3.63, 3.8) is 0 Å². The fourth-order valence-electron chi connectivity index (χ4n) is 2.98. The molecule has 0 aliphatic carbocycles. The van der Waals surface area contributed by atoms with Crippen LogP contribution in [0.5, 0.6) is 0 Å². The standard InChI is InChI=1S/C19H25ClN2O4S/c1-3-26-19(25)14-5-4-10-22(11-14)18(24)17(21-13(2)23)12-27-16-8-6-15(20)7-9-16/h6-9,14,17H,3-5,10-12H2,1-2H3,(H,21,23). The molecule has 148 valence electrons. The highest BCUT2D eigenvalue weighted by Crippen LogP contribution is 2.23. The summed E-state index contributed by atoms with van der Waals surface area (Å²) in [5.41, 5.74) is 0. The third kappa shape index (κ3) is 6.74. The van der Waals surface area contributed by atoms with Crippen molar-refractivity contribution in [1.29, 1.82) is 0 Å². The van der Waals surface area contributed by atoms with E-state index < -0.39 is 6.04 Å². The summed E-state index contributed by atoms with van der Waals surface area (Å²) < 4.78 is 5.09. The van der Waals surface area contributed by atoms with Crippen molar-refractivity contribution in [3.05, 3.63) is 29.3 Å². The van der Waals surface area contributed by atoms with Crippen LogP contribution < -0.4 is 5.32 Å². The van der Waals surface area contributed by atoms with E-state index in [0.717, 1.165) is 11.3 Å². The summed E-state index contributed by atoms with van der Waals surface area (Å²) in [5.74, 6) is -0.587. The van der Waals surface area contributed by atoms with Crippen LogP contribution in [-0.2, 0) is 19.1 Å². The van der Waals surface area contributed by atoms with Gasteiger partial charge in [-0.25, -0.2) is 0 Å². The maximum Gasteiger partial charge on any atom is 0.310 e. The first kappa shape index (κ1) is 21.6. The highest BCUT2D eigenvalue weighted by molar-refractivity contribution is 7.99. The molecule has 6 nitrogen and oxygen atoms in total. The Balaban J connectivity index is 2.01. The topological polar surface area (TPSA) is 75.7 Å². The zero-order chi connectivity index (χ0) is 19.8. The molecule has 1 N–H and O–H groups in total. The number of halogens is 1. The van der Waals surface area contributed by atoms with Crippen molar-refractivity contribution in [2.75, 3.05) is 25.4 Å². The second-order valence-corrected chi connectivity index (χ2v) is 7.92. The summed E-state index contributed by atoms with van der Waals surface area (Å²) in [7, 11) is 0. The molecule has 2 rings (SSSR count). The van der Waals surface area contributed by atoms with Crippen LogP contribution in [0.4, 0.5) is 0 Å². The predicted octanol–water partition coefficient (Wildman–Crippen LogP) is 2.74. The number of benzene rings is 1. The number of rotatable bonds is 7. The van der Waals surface area contributed by atoms with Gasteiger partial charge in [0.05, 0.1) is 12.5 Å². The van der Waals surface area contributed by atoms with E-state index in [-0.39, 0.29) is 23.7 Å². The van der Waals surface area contributed by atoms with E-state index >= 15 is 0 Å². The van der Waals surface area contributed by atoms with Crippen molar-refractivity contribution in [1.82, 2.24) is 10.2 Å². The Morgan fingerprint density at radius 3 is 2.67 bits per heavy atom. The Kier molecular flexibility index (Phi) is 8.44. The molecular formula is C19H25ClN2O4S. The van der Waals surface area contributed by atoms with Crippen molar-refractivity contribution < 1.29 is 19.1 Å². The molecule has 1 aromatic carbocycles. The van der Waals surface area contributed by atoms with E-state index in [2.05, 4.69) is 5.32 Å². The third-order valence-electron chi connectivity index (χ3n) is 4.26. The second kappa shape index (κ2) is 10.6. The van der Waals surface area contributed by atoms with Gasteiger partial charge in [-0.1, -0.05) is 11.6 Å². The normalized spacial score (nSPS) is 17.9. The van der Waals surface area contributed by atoms with Gasteiger partial charge in [0.1, 0.15) is 6.04 Å². The lowest BCUT2D eigenvalue weighted by molar-refractivity contribution is -0.151. The molecule has 1 fully saturated rings. The fraction of sp³-hybridized carbons (Fsp3) is 0.526.